The molecule has 5 aliphatic rings. The molecule has 0 radical (unpaired) electrons. The Bertz CT molecular complexity index is 2190. The molecule has 2 fully saturated rings. The van der Waals surface area contributed by atoms with E-state index < -0.39 is 29.7 Å². The van der Waals surface area contributed by atoms with Gasteiger partial charge in [-0.15, -0.1) is 0 Å². The number of fused-ring (bicyclic) bond motifs is 3. The molecule has 0 aromatic heterocycles. The van der Waals surface area contributed by atoms with Gasteiger partial charge in [0.05, 0.1) is 35.4 Å². The summed E-state index contributed by atoms with van der Waals surface area (Å²) in [6.45, 7) is 9.43. The van der Waals surface area contributed by atoms with Crippen LogP contribution in [-0.4, -0.2) is 88.0 Å². The van der Waals surface area contributed by atoms with Gasteiger partial charge in [-0.25, -0.2) is 4.85 Å². The molecule has 6 amide bonds. The molecule has 4 aliphatic heterocycles. The van der Waals surface area contributed by atoms with Gasteiger partial charge in [-0.1, -0.05) is 23.7 Å². The first-order valence-corrected chi connectivity index (χ1v) is 19.1. The first-order chi connectivity index (χ1) is 26.5. The van der Waals surface area contributed by atoms with E-state index in [1.807, 2.05) is 18.2 Å². The number of imide groups is 2. The summed E-state index contributed by atoms with van der Waals surface area (Å²) in [5, 5.41) is 5.78. The molecule has 1 atom stereocenters. The summed E-state index contributed by atoms with van der Waals surface area (Å²) in [7, 11) is 0. The maximum Gasteiger partial charge on any atom is 0.262 e. The average Bonchev–Trinajstić information content (AvgIpc) is 3.41. The van der Waals surface area contributed by atoms with Crippen LogP contribution in [-0.2, 0) is 40.3 Å². The lowest BCUT2D eigenvalue weighted by Crippen LogP contribution is -2.54. The van der Waals surface area contributed by atoms with Crippen molar-refractivity contribution in [3.8, 4) is 5.75 Å². The van der Waals surface area contributed by atoms with E-state index in [1.165, 1.54) is 0 Å². The van der Waals surface area contributed by atoms with Crippen LogP contribution in [0.15, 0.2) is 48.5 Å². The number of halogens is 1. The predicted octanol–water partition coefficient (Wildman–Crippen LogP) is 4.35. The number of carbonyl (C=O) groups is 6. The number of hydrogen-bond acceptors (Lipinski definition) is 8. The van der Waals surface area contributed by atoms with E-state index in [1.54, 1.807) is 35.2 Å². The number of rotatable bonds is 7. The van der Waals surface area contributed by atoms with E-state index in [0.29, 0.717) is 61.0 Å². The third-order valence-electron chi connectivity index (χ3n) is 11.4. The fraction of sp³-hybridized carbons (Fsp3) is 0.390. The molecule has 13 nitrogen and oxygen atoms in total. The van der Waals surface area contributed by atoms with E-state index in [-0.39, 0.29) is 54.5 Å². The van der Waals surface area contributed by atoms with Crippen molar-refractivity contribution in [3.05, 3.63) is 104 Å². The Morgan fingerprint density at radius 1 is 0.836 bits per heavy atom. The molecule has 1 saturated carbocycles. The van der Waals surface area contributed by atoms with Crippen molar-refractivity contribution in [3.63, 3.8) is 0 Å². The molecule has 8 rings (SSSR count). The molecule has 1 saturated heterocycles. The zero-order valence-corrected chi connectivity index (χ0v) is 30.8. The van der Waals surface area contributed by atoms with Crippen LogP contribution in [0.2, 0.25) is 5.02 Å². The van der Waals surface area contributed by atoms with Crippen molar-refractivity contribution in [2.45, 2.75) is 82.6 Å². The standard InChI is InChI=1S/C41H39ClN6O7/c1-43-34-9-8-30(19-33(34)42)55-29-6-4-28(5-7-29)44-38(51)25-2-3-26-20-46(14-12-23(26)16-25)22-37(50)47-15-13-24-17-31-32(18-27(24)21-47)41(54)48(40(31)53)35-10-11-36(49)45-39(35)52/h2-3,8-9,16-19,28-29,35H,4-7,10-15,20-22H2,(H,44,51)(H,45,49,52). The van der Waals surface area contributed by atoms with Crippen molar-refractivity contribution in [2.75, 3.05) is 19.6 Å². The van der Waals surface area contributed by atoms with Crippen LogP contribution < -0.4 is 15.4 Å². The van der Waals surface area contributed by atoms with Gasteiger partial charge in [0.25, 0.3) is 17.7 Å². The zero-order valence-electron chi connectivity index (χ0n) is 30.1. The fourth-order valence-electron chi connectivity index (χ4n) is 8.36. The van der Waals surface area contributed by atoms with E-state index in [2.05, 4.69) is 20.4 Å². The van der Waals surface area contributed by atoms with Gasteiger partial charge in [-0.2, -0.15) is 0 Å². The van der Waals surface area contributed by atoms with Crippen molar-refractivity contribution in [1.29, 1.82) is 0 Å². The Labute approximate surface area is 322 Å². The second kappa shape index (κ2) is 14.9. The minimum Gasteiger partial charge on any atom is -0.490 e. The molecule has 0 spiro atoms. The van der Waals surface area contributed by atoms with E-state index in [0.717, 1.165) is 52.8 Å². The van der Waals surface area contributed by atoms with Gasteiger partial charge in [0, 0.05) is 44.2 Å². The lowest BCUT2D eigenvalue weighted by atomic mass is 9.92. The minimum atomic E-state index is -1.03. The highest BCUT2D eigenvalue weighted by atomic mass is 35.5. The zero-order chi connectivity index (χ0) is 38.4. The van der Waals surface area contributed by atoms with Crippen LogP contribution in [0.1, 0.15) is 91.9 Å². The Balaban J connectivity index is 0.826. The van der Waals surface area contributed by atoms with Crippen LogP contribution in [0, 0.1) is 6.57 Å². The van der Waals surface area contributed by atoms with E-state index in [4.69, 9.17) is 22.9 Å². The monoisotopic (exact) mass is 762 g/mol. The molecular weight excluding hydrogens is 724 g/mol. The molecule has 282 valence electrons. The maximum atomic E-state index is 13.5. The van der Waals surface area contributed by atoms with Crippen LogP contribution in [0.4, 0.5) is 5.69 Å². The van der Waals surface area contributed by atoms with E-state index >= 15 is 0 Å². The molecular formula is C41H39ClN6O7. The van der Waals surface area contributed by atoms with Gasteiger partial charge in [0.2, 0.25) is 23.4 Å². The van der Waals surface area contributed by atoms with Gasteiger partial charge in [0.1, 0.15) is 11.8 Å². The van der Waals surface area contributed by atoms with Crippen LogP contribution in [0.5, 0.6) is 5.75 Å². The van der Waals surface area contributed by atoms with Crippen molar-refractivity contribution in [1.82, 2.24) is 25.3 Å². The summed E-state index contributed by atoms with van der Waals surface area (Å²) in [4.78, 5) is 85.7. The molecule has 55 heavy (non-hydrogen) atoms. The number of nitrogens with one attached hydrogen (secondary N) is 2. The third kappa shape index (κ3) is 7.32. The number of amides is 6. The average molecular weight is 763 g/mol. The number of piperidine rings is 1. The molecule has 4 heterocycles. The SMILES string of the molecule is [C-]#[N+]c1ccc(OC2CCC(NC(=O)c3ccc4c(c3)CCN(CC(=O)N3CCc5cc6c(cc5C3)C(=O)N(C3CCC(=O)NC3=O)C6=O)C4)CC2)cc1Cl. The molecule has 3 aromatic carbocycles. The topological polar surface area (TPSA) is 150 Å². The largest absolute Gasteiger partial charge is 0.490 e. The summed E-state index contributed by atoms with van der Waals surface area (Å²) in [5.74, 6) is -1.65. The molecule has 1 unspecified atom stereocenters. The molecule has 3 aromatic rings. The molecule has 14 heteroatoms. The Kier molecular flexibility index (Phi) is 9.88. The summed E-state index contributed by atoms with van der Waals surface area (Å²) in [6.07, 6.45) is 4.59. The number of hydrogen-bond donors (Lipinski definition) is 2. The first kappa shape index (κ1) is 36.4. The minimum absolute atomic E-state index is 0.0190. The fourth-order valence-corrected chi connectivity index (χ4v) is 8.57. The van der Waals surface area contributed by atoms with Gasteiger partial charge in [-0.05, 0) is 104 Å². The second-order valence-electron chi connectivity index (χ2n) is 14.9. The summed E-state index contributed by atoms with van der Waals surface area (Å²) in [5.41, 5.74) is 5.37. The molecule has 2 N–H and O–H groups in total. The lowest BCUT2D eigenvalue weighted by molar-refractivity contribution is -0.136. The van der Waals surface area contributed by atoms with Gasteiger partial charge >= 0.3 is 0 Å². The van der Waals surface area contributed by atoms with Crippen LogP contribution in [0.25, 0.3) is 4.85 Å². The van der Waals surface area contributed by atoms with Crippen molar-refractivity contribution < 1.29 is 33.5 Å². The third-order valence-corrected chi connectivity index (χ3v) is 11.7. The smallest absolute Gasteiger partial charge is 0.262 e. The highest BCUT2D eigenvalue weighted by Crippen LogP contribution is 2.34. The maximum absolute atomic E-state index is 13.5. The quantitative estimate of drug-likeness (QED) is 0.267. The number of carbonyl (C=O) groups excluding carboxylic acids is 6. The summed E-state index contributed by atoms with van der Waals surface area (Å²) < 4.78 is 6.10. The Morgan fingerprint density at radius 3 is 2.29 bits per heavy atom. The highest BCUT2D eigenvalue weighted by Gasteiger charge is 2.45. The van der Waals surface area contributed by atoms with Crippen LogP contribution >= 0.6 is 11.6 Å². The van der Waals surface area contributed by atoms with Gasteiger partial charge in [0.15, 0.2) is 0 Å². The predicted molar refractivity (Wildman–Crippen MR) is 200 cm³/mol. The lowest BCUT2D eigenvalue weighted by Gasteiger charge is -2.33. The Hall–Kier alpha value is -5.58. The van der Waals surface area contributed by atoms with Gasteiger partial charge < -0.3 is 15.0 Å². The number of benzene rings is 3. The number of nitrogens with zero attached hydrogens (tertiary/aromatic N) is 4. The number of ether oxygens (including phenoxy) is 1. The Morgan fingerprint density at radius 2 is 1.56 bits per heavy atom. The normalized spacial score (nSPS) is 22.3. The van der Waals surface area contributed by atoms with Gasteiger partial charge in [-0.3, -0.25) is 43.9 Å². The summed E-state index contributed by atoms with van der Waals surface area (Å²) in [6, 6.07) is 13.3. The molecule has 1 aliphatic carbocycles. The molecule has 0 bridgehead atoms. The van der Waals surface area contributed by atoms with Crippen LogP contribution in [0.3, 0.4) is 0 Å². The summed E-state index contributed by atoms with van der Waals surface area (Å²) >= 11 is 6.16. The van der Waals surface area contributed by atoms with Crippen molar-refractivity contribution in [2.24, 2.45) is 0 Å². The highest BCUT2D eigenvalue weighted by molar-refractivity contribution is 6.33. The second-order valence-corrected chi connectivity index (χ2v) is 15.3. The van der Waals surface area contributed by atoms with E-state index in [9.17, 15) is 28.8 Å². The first-order valence-electron chi connectivity index (χ1n) is 18.7. The van der Waals surface area contributed by atoms with Crippen molar-refractivity contribution >= 4 is 52.7 Å².